The molecular formula is C15H25FN2. The van der Waals surface area contributed by atoms with Crippen LogP contribution in [-0.2, 0) is 0 Å². The molecule has 1 rings (SSSR count). The molecule has 0 fully saturated rings. The van der Waals surface area contributed by atoms with E-state index in [2.05, 4.69) is 31.0 Å². The number of halogens is 1. The van der Waals surface area contributed by atoms with Crippen LogP contribution in [0.2, 0.25) is 0 Å². The lowest BCUT2D eigenvalue weighted by molar-refractivity contribution is 0.193. The molecule has 0 bridgehead atoms. The maximum atomic E-state index is 13.8. The van der Waals surface area contributed by atoms with E-state index in [0.29, 0.717) is 6.04 Å². The normalized spacial score (nSPS) is 14.8. The van der Waals surface area contributed by atoms with Crippen LogP contribution in [0.4, 0.5) is 4.39 Å². The minimum absolute atomic E-state index is 0.0418. The number of benzene rings is 1. The molecule has 1 aromatic rings. The summed E-state index contributed by atoms with van der Waals surface area (Å²) >= 11 is 0. The van der Waals surface area contributed by atoms with Gasteiger partial charge in [0, 0.05) is 24.2 Å². The second-order valence-electron chi connectivity index (χ2n) is 4.71. The highest BCUT2D eigenvalue weighted by atomic mass is 19.1. The third-order valence-corrected chi connectivity index (χ3v) is 3.67. The van der Waals surface area contributed by atoms with Gasteiger partial charge in [-0.05, 0) is 33.0 Å². The minimum atomic E-state index is -0.128. The first-order chi connectivity index (χ1) is 8.63. The van der Waals surface area contributed by atoms with Crippen LogP contribution in [0.5, 0.6) is 0 Å². The zero-order valence-electron chi connectivity index (χ0n) is 11.9. The lowest BCUT2D eigenvalue weighted by Crippen LogP contribution is -2.39. The van der Waals surface area contributed by atoms with E-state index in [4.69, 9.17) is 0 Å². The van der Waals surface area contributed by atoms with Crippen LogP contribution in [0, 0.1) is 5.82 Å². The molecule has 0 heterocycles. The molecule has 0 aliphatic rings. The summed E-state index contributed by atoms with van der Waals surface area (Å²) < 4.78 is 13.8. The molecule has 2 unspecified atom stereocenters. The summed E-state index contributed by atoms with van der Waals surface area (Å²) in [6, 6.07) is 7.58. The summed E-state index contributed by atoms with van der Waals surface area (Å²) in [5.41, 5.74) is 0.752. The van der Waals surface area contributed by atoms with Gasteiger partial charge in [0.1, 0.15) is 5.82 Å². The van der Waals surface area contributed by atoms with Crippen molar-refractivity contribution in [1.82, 2.24) is 10.2 Å². The van der Waals surface area contributed by atoms with E-state index in [0.717, 1.165) is 25.1 Å². The molecule has 102 valence electrons. The van der Waals surface area contributed by atoms with E-state index in [1.54, 1.807) is 6.07 Å². The highest BCUT2D eigenvalue weighted by Gasteiger charge is 2.19. The van der Waals surface area contributed by atoms with Crippen molar-refractivity contribution in [3.8, 4) is 0 Å². The van der Waals surface area contributed by atoms with Crippen LogP contribution in [0.3, 0.4) is 0 Å². The first-order valence-corrected chi connectivity index (χ1v) is 6.79. The maximum Gasteiger partial charge on any atom is 0.128 e. The van der Waals surface area contributed by atoms with Crippen LogP contribution < -0.4 is 5.32 Å². The summed E-state index contributed by atoms with van der Waals surface area (Å²) in [6.07, 6.45) is 1.11. The molecule has 18 heavy (non-hydrogen) atoms. The Morgan fingerprint density at radius 1 is 1.28 bits per heavy atom. The van der Waals surface area contributed by atoms with Crippen molar-refractivity contribution in [3.63, 3.8) is 0 Å². The molecule has 2 nitrogen and oxygen atoms in total. The molecule has 0 radical (unpaired) electrons. The fraction of sp³-hybridized carbons (Fsp3) is 0.600. The van der Waals surface area contributed by atoms with Crippen LogP contribution in [0.25, 0.3) is 0 Å². The van der Waals surface area contributed by atoms with Gasteiger partial charge in [0.15, 0.2) is 0 Å². The van der Waals surface area contributed by atoms with Crippen molar-refractivity contribution in [2.45, 2.75) is 39.3 Å². The highest BCUT2D eigenvalue weighted by molar-refractivity contribution is 5.21. The molecule has 0 saturated heterocycles. The number of nitrogens with zero attached hydrogens (tertiary/aromatic N) is 1. The van der Waals surface area contributed by atoms with Crippen molar-refractivity contribution in [2.75, 3.05) is 20.1 Å². The largest absolute Gasteiger partial charge is 0.312 e. The minimum Gasteiger partial charge on any atom is -0.312 e. The molecule has 3 heteroatoms. The van der Waals surface area contributed by atoms with Gasteiger partial charge in [0.25, 0.3) is 0 Å². The van der Waals surface area contributed by atoms with E-state index < -0.39 is 0 Å². The zero-order chi connectivity index (χ0) is 13.5. The molecule has 0 saturated carbocycles. The summed E-state index contributed by atoms with van der Waals surface area (Å²) in [7, 11) is 1.89. The molecule has 1 N–H and O–H groups in total. The molecule has 0 aliphatic heterocycles. The molecule has 1 aromatic carbocycles. The van der Waals surface area contributed by atoms with Crippen LogP contribution in [0.1, 0.15) is 38.8 Å². The van der Waals surface area contributed by atoms with Crippen molar-refractivity contribution in [3.05, 3.63) is 35.6 Å². The molecule has 0 aliphatic carbocycles. The summed E-state index contributed by atoms with van der Waals surface area (Å²) in [4.78, 5) is 2.38. The Hall–Kier alpha value is -0.930. The standard InChI is InChI=1S/C15H25FN2/c1-5-12(3)18(6-2)11-15(17-4)13-9-7-8-10-14(13)16/h7-10,12,15,17H,5-6,11H2,1-4H3. The van der Waals surface area contributed by atoms with Crippen LogP contribution in [-0.4, -0.2) is 31.1 Å². The van der Waals surface area contributed by atoms with E-state index in [1.165, 1.54) is 6.07 Å². The number of likely N-dealkylation sites (N-methyl/N-ethyl adjacent to an activating group) is 2. The Morgan fingerprint density at radius 2 is 1.94 bits per heavy atom. The quantitative estimate of drug-likeness (QED) is 0.801. The maximum absolute atomic E-state index is 13.8. The fourth-order valence-corrected chi connectivity index (χ4v) is 2.22. The molecule has 2 atom stereocenters. The summed E-state index contributed by atoms with van der Waals surface area (Å²) in [5.74, 6) is -0.128. The van der Waals surface area contributed by atoms with Gasteiger partial charge in [0.05, 0.1) is 0 Å². The van der Waals surface area contributed by atoms with Gasteiger partial charge >= 0.3 is 0 Å². The third-order valence-electron chi connectivity index (χ3n) is 3.67. The molecule has 0 aromatic heterocycles. The Morgan fingerprint density at radius 3 is 2.44 bits per heavy atom. The predicted molar refractivity (Wildman–Crippen MR) is 75.2 cm³/mol. The van der Waals surface area contributed by atoms with Gasteiger partial charge in [-0.2, -0.15) is 0 Å². The van der Waals surface area contributed by atoms with E-state index in [9.17, 15) is 4.39 Å². The number of hydrogen-bond donors (Lipinski definition) is 1. The Bertz CT molecular complexity index is 354. The van der Waals surface area contributed by atoms with Crippen molar-refractivity contribution in [1.29, 1.82) is 0 Å². The van der Waals surface area contributed by atoms with Gasteiger partial charge in [-0.1, -0.05) is 32.0 Å². The lowest BCUT2D eigenvalue weighted by atomic mass is 10.0. The van der Waals surface area contributed by atoms with Crippen molar-refractivity contribution < 1.29 is 4.39 Å². The zero-order valence-corrected chi connectivity index (χ0v) is 11.9. The monoisotopic (exact) mass is 252 g/mol. The Labute approximate surface area is 110 Å². The summed E-state index contributed by atoms with van der Waals surface area (Å²) in [5, 5.41) is 3.22. The number of nitrogens with one attached hydrogen (secondary N) is 1. The molecule has 0 amide bonds. The van der Waals surface area contributed by atoms with Crippen LogP contribution in [0.15, 0.2) is 24.3 Å². The van der Waals surface area contributed by atoms with E-state index in [1.807, 2.05) is 19.2 Å². The van der Waals surface area contributed by atoms with Crippen molar-refractivity contribution in [2.24, 2.45) is 0 Å². The number of hydrogen-bond acceptors (Lipinski definition) is 2. The molecule has 0 spiro atoms. The Kier molecular flexibility index (Phi) is 6.30. The highest BCUT2D eigenvalue weighted by Crippen LogP contribution is 2.19. The lowest BCUT2D eigenvalue weighted by Gasteiger charge is -2.31. The van der Waals surface area contributed by atoms with Gasteiger partial charge in [-0.3, -0.25) is 4.90 Å². The van der Waals surface area contributed by atoms with Gasteiger partial charge in [-0.15, -0.1) is 0 Å². The molecular weight excluding hydrogens is 227 g/mol. The van der Waals surface area contributed by atoms with E-state index in [-0.39, 0.29) is 11.9 Å². The smallest absolute Gasteiger partial charge is 0.128 e. The van der Waals surface area contributed by atoms with Gasteiger partial charge < -0.3 is 5.32 Å². The predicted octanol–water partition coefficient (Wildman–Crippen LogP) is 3.21. The van der Waals surface area contributed by atoms with E-state index >= 15 is 0 Å². The second kappa shape index (κ2) is 7.49. The van der Waals surface area contributed by atoms with Gasteiger partial charge in [0.2, 0.25) is 0 Å². The van der Waals surface area contributed by atoms with Crippen molar-refractivity contribution >= 4 is 0 Å². The fourth-order valence-electron chi connectivity index (χ4n) is 2.22. The first kappa shape index (κ1) is 15.1. The topological polar surface area (TPSA) is 15.3 Å². The Balaban J connectivity index is 2.81. The second-order valence-corrected chi connectivity index (χ2v) is 4.71. The van der Waals surface area contributed by atoms with Gasteiger partial charge in [-0.25, -0.2) is 4.39 Å². The third kappa shape index (κ3) is 3.79. The average molecular weight is 252 g/mol. The first-order valence-electron chi connectivity index (χ1n) is 6.79. The SMILES string of the molecule is CCC(C)N(CC)CC(NC)c1ccccc1F. The van der Waals surface area contributed by atoms with Crippen LogP contribution >= 0.6 is 0 Å². The number of rotatable bonds is 7. The summed E-state index contributed by atoms with van der Waals surface area (Å²) in [6.45, 7) is 8.38. The average Bonchev–Trinajstić information content (AvgIpc) is 2.40.